The minimum absolute atomic E-state index is 0.656. The summed E-state index contributed by atoms with van der Waals surface area (Å²) >= 11 is 1.87. The maximum absolute atomic E-state index is 4.90. The molecule has 1 aliphatic heterocycles. The second-order valence-corrected chi connectivity index (χ2v) is 6.83. The number of aromatic nitrogens is 1. The van der Waals surface area contributed by atoms with Crippen LogP contribution in [0.2, 0.25) is 0 Å². The predicted molar refractivity (Wildman–Crippen MR) is 87.8 cm³/mol. The zero-order chi connectivity index (χ0) is 14.5. The van der Waals surface area contributed by atoms with E-state index in [1.54, 1.807) is 0 Å². The van der Waals surface area contributed by atoms with E-state index in [1.807, 2.05) is 18.4 Å². The quantitative estimate of drug-likeness (QED) is 0.873. The molecule has 2 rings (SSSR count). The lowest BCUT2D eigenvalue weighted by atomic mass is 10.2. The molecule has 0 saturated carbocycles. The van der Waals surface area contributed by atoms with Gasteiger partial charge in [-0.05, 0) is 27.3 Å². The van der Waals surface area contributed by atoms with Gasteiger partial charge in [0.05, 0.1) is 5.69 Å². The highest BCUT2D eigenvalue weighted by Gasteiger charge is 2.22. The molecule has 0 radical (unpaired) electrons. The molecule has 5 heteroatoms. The molecule has 1 aliphatic rings. The maximum Gasteiger partial charge on any atom is 0.185 e. The zero-order valence-electron chi connectivity index (χ0n) is 13.3. The summed E-state index contributed by atoms with van der Waals surface area (Å²) in [4.78, 5) is 11.3. The van der Waals surface area contributed by atoms with Crippen molar-refractivity contribution in [3.63, 3.8) is 0 Å². The first-order valence-corrected chi connectivity index (χ1v) is 8.59. The van der Waals surface area contributed by atoms with Crippen LogP contribution in [0.3, 0.4) is 0 Å². The molecule has 1 fully saturated rings. The molecular formula is C15H28N4S. The van der Waals surface area contributed by atoms with Crippen LogP contribution in [0.25, 0.3) is 0 Å². The van der Waals surface area contributed by atoms with Crippen molar-refractivity contribution in [1.82, 2.24) is 15.2 Å². The third-order valence-electron chi connectivity index (χ3n) is 3.91. The van der Waals surface area contributed by atoms with Crippen molar-refractivity contribution in [2.45, 2.75) is 46.2 Å². The Morgan fingerprint density at radius 2 is 1.95 bits per heavy atom. The molecule has 4 nitrogen and oxygen atoms in total. The van der Waals surface area contributed by atoms with Crippen LogP contribution in [0.4, 0.5) is 5.13 Å². The molecule has 1 saturated heterocycles. The smallest absolute Gasteiger partial charge is 0.185 e. The van der Waals surface area contributed by atoms with Crippen molar-refractivity contribution >= 4 is 16.5 Å². The van der Waals surface area contributed by atoms with Gasteiger partial charge in [-0.25, -0.2) is 4.98 Å². The molecule has 0 aliphatic carbocycles. The number of nitrogens with one attached hydrogen (secondary N) is 1. The Balaban J connectivity index is 2.04. The third kappa shape index (κ3) is 3.71. The standard InChI is InChI=1S/C15H28N4S/c1-5-6-13-14(11-16-4)20-15(17-13)19-9-7-18(8-10-19)12(2)3/h12,16H,5-11H2,1-4H3. The van der Waals surface area contributed by atoms with Crippen LogP contribution in [0.15, 0.2) is 0 Å². The number of hydrogen-bond donors (Lipinski definition) is 1. The van der Waals surface area contributed by atoms with E-state index in [4.69, 9.17) is 4.98 Å². The average molecular weight is 296 g/mol. The molecule has 0 aromatic carbocycles. The number of aryl methyl sites for hydroxylation is 1. The molecule has 1 N–H and O–H groups in total. The first kappa shape index (κ1) is 15.7. The van der Waals surface area contributed by atoms with E-state index in [-0.39, 0.29) is 0 Å². The first-order chi connectivity index (χ1) is 9.65. The number of piperazine rings is 1. The summed E-state index contributed by atoms with van der Waals surface area (Å²) in [5, 5.41) is 4.49. The Labute approximate surface area is 127 Å². The van der Waals surface area contributed by atoms with Gasteiger partial charge in [0.2, 0.25) is 0 Å². The number of hydrogen-bond acceptors (Lipinski definition) is 5. The van der Waals surface area contributed by atoms with Crippen molar-refractivity contribution in [2.75, 3.05) is 38.1 Å². The van der Waals surface area contributed by atoms with Crippen molar-refractivity contribution < 1.29 is 0 Å². The molecule has 0 unspecified atom stereocenters. The topological polar surface area (TPSA) is 31.4 Å². The second kappa shape index (κ2) is 7.38. The van der Waals surface area contributed by atoms with Crippen LogP contribution in [0.1, 0.15) is 37.8 Å². The summed E-state index contributed by atoms with van der Waals surface area (Å²) in [7, 11) is 2.01. The van der Waals surface area contributed by atoms with E-state index >= 15 is 0 Å². The van der Waals surface area contributed by atoms with Gasteiger partial charge in [-0.3, -0.25) is 4.90 Å². The lowest BCUT2D eigenvalue weighted by molar-refractivity contribution is 0.209. The van der Waals surface area contributed by atoms with E-state index < -0.39 is 0 Å². The van der Waals surface area contributed by atoms with Gasteiger partial charge in [0.25, 0.3) is 0 Å². The van der Waals surface area contributed by atoms with Crippen molar-refractivity contribution in [1.29, 1.82) is 0 Å². The molecule has 0 bridgehead atoms. The van der Waals surface area contributed by atoms with Gasteiger partial charge in [0.1, 0.15) is 0 Å². The zero-order valence-corrected chi connectivity index (χ0v) is 14.1. The Morgan fingerprint density at radius 1 is 1.25 bits per heavy atom. The molecule has 1 aromatic rings. The predicted octanol–water partition coefficient (Wildman–Crippen LogP) is 2.35. The largest absolute Gasteiger partial charge is 0.346 e. The monoisotopic (exact) mass is 296 g/mol. The average Bonchev–Trinajstić information content (AvgIpc) is 2.83. The fourth-order valence-corrected chi connectivity index (χ4v) is 3.84. The molecular weight excluding hydrogens is 268 g/mol. The van der Waals surface area contributed by atoms with E-state index in [9.17, 15) is 0 Å². The van der Waals surface area contributed by atoms with E-state index in [2.05, 4.69) is 35.9 Å². The third-order valence-corrected chi connectivity index (χ3v) is 5.06. The summed E-state index contributed by atoms with van der Waals surface area (Å²) in [5.74, 6) is 0. The van der Waals surface area contributed by atoms with Crippen LogP contribution >= 0.6 is 11.3 Å². The number of anilines is 1. The normalized spacial score (nSPS) is 17.1. The van der Waals surface area contributed by atoms with Gasteiger partial charge in [-0.2, -0.15) is 0 Å². The lowest BCUT2D eigenvalue weighted by Crippen LogP contribution is -2.48. The number of nitrogens with zero attached hydrogens (tertiary/aromatic N) is 3. The Bertz CT molecular complexity index is 385. The SMILES string of the molecule is CCCc1nc(N2CCN(C(C)C)CC2)sc1CNC. The first-order valence-electron chi connectivity index (χ1n) is 7.77. The van der Waals surface area contributed by atoms with E-state index in [1.165, 1.54) is 22.1 Å². The highest BCUT2D eigenvalue weighted by atomic mass is 32.1. The lowest BCUT2D eigenvalue weighted by Gasteiger charge is -2.36. The van der Waals surface area contributed by atoms with Crippen LogP contribution in [0, 0.1) is 0 Å². The van der Waals surface area contributed by atoms with Crippen molar-refractivity contribution in [2.24, 2.45) is 0 Å². The highest BCUT2D eigenvalue weighted by Crippen LogP contribution is 2.28. The summed E-state index contributed by atoms with van der Waals surface area (Å²) in [5.41, 5.74) is 1.30. The van der Waals surface area contributed by atoms with Crippen molar-refractivity contribution in [3.8, 4) is 0 Å². The Hall–Kier alpha value is -0.650. The van der Waals surface area contributed by atoms with Gasteiger partial charge in [-0.15, -0.1) is 11.3 Å². The number of thiazole rings is 1. The molecule has 114 valence electrons. The van der Waals surface area contributed by atoms with Gasteiger partial charge >= 0.3 is 0 Å². The van der Waals surface area contributed by atoms with E-state index in [0.717, 1.165) is 39.1 Å². The van der Waals surface area contributed by atoms with E-state index in [0.29, 0.717) is 6.04 Å². The van der Waals surface area contributed by atoms with Gasteiger partial charge in [0.15, 0.2) is 5.13 Å². The number of rotatable bonds is 6. The highest BCUT2D eigenvalue weighted by molar-refractivity contribution is 7.15. The fourth-order valence-electron chi connectivity index (χ4n) is 2.67. The minimum Gasteiger partial charge on any atom is -0.346 e. The molecule has 2 heterocycles. The van der Waals surface area contributed by atoms with Gasteiger partial charge < -0.3 is 10.2 Å². The second-order valence-electron chi connectivity index (χ2n) is 5.76. The fraction of sp³-hybridized carbons (Fsp3) is 0.800. The van der Waals surface area contributed by atoms with Crippen LogP contribution in [-0.2, 0) is 13.0 Å². The summed E-state index contributed by atoms with van der Waals surface area (Å²) in [6.07, 6.45) is 2.26. The Kier molecular flexibility index (Phi) is 5.81. The molecule has 1 aromatic heterocycles. The van der Waals surface area contributed by atoms with Gasteiger partial charge in [0, 0.05) is 43.6 Å². The molecule has 0 amide bonds. The van der Waals surface area contributed by atoms with Crippen LogP contribution in [-0.4, -0.2) is 49.2 Å². The van der Waals surface area contributed by atoms with Gasteiger partial charge in [-0.1, -0.05) is 13.3 Å². The summed E-state index contributed by atoms with van der Waals surface area (Å²) in [6.45, 7) is 12.3. The minimum atomic E-state index is 0.656. The molecule has 0 spiro atoms. The van der Waals surface area contributed by atoms with Crippen molar-refractivity contribution in [3.05, 3.63) is 10.6 Å². The maximum atomic E-state index is 4.90. The summed E-state index contributed by atoms with van der Waals surface area (Å²) in [6, 6.07) is 0.656. The molecule has 20 heavy (non-hydrogen) atoms. The summed E-state index contributed by atoms with van der Waals surface area (Å²) < 4.78 is 0. The van der Waals surface area contributed by atoms with Crippen LogP contribution < -0.4 is 10.2 Å². The Morgan fingerprint density at radius 3 is 2.50 bits per heavy atom. The molecule has 0 atom stereocenters. The van der Waals surface area contributed by atoms with Crippen LogP contribution in [0.5, 0.6) is 0 Å².